The zero-order chi connectivity index (χ0) is 9.35. The van der Waals surface area contributed by atoms with Gasteiger partial charge >= 0.3 is 0 Å². The first-order valence-corrected chi connectivity index (χ1v) is 5.83. The van der Waals surface area contributed by atoms with Crippen LogP contribution in [0.15, 0.2) is 23.1 Å². The van der Waals surface area contributed by atoms with Gasteiger partial charge in [-0.15, -0.1) is 0 Å². The molecule has 0 amide bonds. The molecular weight excluding hydrogens is 289 g/mol. The first kappa shape index (κ1) is 9.94. The Labute approximate surface area is 85.2 Å². The van der Waals surface area contributed by atoms with Crippen LogP contribution >= 0.6 is 22.6 Å². The summed E-state index contributed by atoms with van der Waals surface area (Å²) in [5.41, 5.74) is 0.709. The van der Waals surface area contributed by atoms with E-state index in [0.717, 1.165) is 3.57 Å². The lowest BCUT2D eigenvalue weighted by atomic mass is 10.2. The molecule has 0 fully saturated rings. The first-order valence-electron chi connectivity index (χ1n) is 3.21. The van der Waals surface area contributed by atoms with E-state index in [1.807, 2.05) is 6.07 Å². The Balaban J connectivity index is 3.47. The van der Waals surface area contributed by atoms with E-state index in [9.17, 15) is 8.42 Å². The van der Waals surface area contributed by atoms with E-state index in [1.165, 1.54) is 6.07 Å². The summed E-state index contributed by atoms with van der Waals surface area (Å²) < 4.78 is 22.9. The van der Waals surface area contributed by atoms with E-state index < -0.39 is 10.0 Å². The minimum absolute atomic E-state index is 0.203. The summed E-state index contributed by atoms with van der Waals surface area (Å²) in [6.45, 7) is 1.74. The Morgan fingerprint density at radius 3 is 2.42 bits per heavy atom. The van der Waals surface area contributed by atoms with E-state index >= 15 is 0 Å². The fraction of sp³-hybridized carbons (Fsp3) is 0.143. The van der Waals surface area contributed by atoms with Crippen LogP contribution in [0, 0.1) is 10.5 Å². The summed E-state index contributed by atoms with van der Waals surface area (Å²) in [6.07, 6.45) is 0. The molecule has 3 nitrogen and oxygen atoms in total. The molecule has 0 unspecified atom stereocenters. The molecule has 0 aliphatic carbocycles. The van der Waals surface area contributed by atoms with Crippen LogP contribution in [0.25, 0.3) is 0 Å². The Hall–Kier alpha value is -0.140. The SMILES string of the molecule is Cc1c(I)cccc1S(N)(=O)=O. The maximum Gasteiger partial charge on any atom is 0.238 e. The van der Waals surface area contributed by atoms with E-state index in [0.29, 0.717) is 5.56 Å². The average molecular weight is 297 g/mol. The molecule has 66 valence electrons. The van der Waals surface area contributed by atoms with E-state index in [1.54, 1.807) is 13.0 Å². The molecule has 12 heavy (non-hydrogen) atoms. The van der Waals surface area contributed by atoms with Gasteiger partial charge in [-0.1, -0.05) is 6.07 Å². The molecule has 0 radical (unpaired) electrons. The van der Waals surface area contributed by atoms with Gasteiger partial charge in [-0.05, 0) is 47.2 Å². The molecule has 0 aliphatic rings. The van der Waals surface area contributed by atoms with Gasteiger partial charge in [0.2, 0.25) is 10.0 Å². The van der Waals surface area contributed by atoms with Gasteiger partial charge in [-0.3, -0.25) is 0 Å². The van der Waals surface area contributed by atoms with Crippen molar-refractivity contribution in [2.75, 3.05) is 0 Å². The molecule has 0 atom stereocenters. The maximum atomic E-state index is 11.0. The quantitative estimate of drug-likeness (QED) is 0.793. The van der Waals surface area contributed by atoms with Crippen LogP contribution in [0.3, 0.4) is 0 Å². The van der Waals surface area contributed by atoms with Crippen LogP contribution < -0.4 is 5.14 Å². The third-order valence-corrected chi connectivity index (χ3v) is 3.75. The zero-order valence-corrected chi connectivity index (χ0v) is 9.39. The van der Waals surface area contributed by atoms with Crippen molar-refractivity contribution in [1.82, 2.24) is 0 Å². The number of sulfonamides is 1. The molecule has 0 spiro atoms. The standard InChI is InChI=1S/C7H8INO2S/c1-5-6(8)3-2-4-7(5)12(9,10)11/h2-4H,1H3,(H2,9,10,11). The summed E-state index contributed by atoms with van der Waals surface area (Å²) >= 11 is 2.07. The molecule has 2 N–H and O–H groups in total. The molecule has 0 saturated carbocycles. The smallest absolute Gasteiger partial charge is 0.225 e. The van der Waals surface area contributed by atoms with Gasteiger partial charge in [0.1, 0.15) is 0 Å². The Kier molecular flexibility index (Phi) is 2.74. The second kappa shape index (κ2) is 3.31. The minimum atomic E-state index is -3.56. The average Bonchev–Trinajstić information content (AvgIpc) is 1.92. The van der Waals surface area contributed by atoms with Gasteiger partial charge in [-0.2, -0.15) is 0 Å². The van der Waals surface area contributed by atoms with Crippen molar-refractivity contribution in [3.63, 3.8) is 0 Å². The van der Waals surface area contributed by atoms with Crippen LogP contribution in [0.5, 0.6) is 0 Å². The molecule has 0 bridgehead atoms. The molecular formula is C7H8INO2S. The van der Waals surface area contributed by atoms with Gasteiger partial charge in [0.05, 0.1) is 4.90 Å². The normalized spacial score (nSPS) is 11.6. The number of hydrogen-bond acceptors (Lipinski definition) is 2. The fourth-order valence-corrected chi connectivity index (χ4v) is 2.38. The highest BCUT2D eigenvalue weighted by Gasteiger charge is 2.11. The molecule has 0 saturated heterocycles. The lowest BCUT2D eigenvalue weighted by Gasteiger charge is -2.03. The van der Waals surface area contributed by atoms with Crippen molar-refractivity contribution in [3.05, 3.63) is 27.3 Å². The molecule has 0 aliphatic heterocycles. The largest absolute Gasteiger partial charge is 0.238 e. The monoisotopic (exact) mass is 297 g/mol. The minimum Gasteiger partial charge on any atom is -0.225 e. The summed E-state index contributed by atoms with van der Waals surface area (Å²) in [4.78, 5) is 0.203. The van der Waals surface area contributed by atoms with Crippen molar-refractivity contribution in [3.8, 4) is 0 Å². The van der Waals surface area contributed by atoms with Crippen LogP contribution in [-0.4, -0.2) is 8.42 Å². The van der Waals surface area contributed by atoms with Crippen LogP contribution in [0.2, 0.25) is 0 Å². The Bertz CT molecular complexity index is 400. The Morgan fingerprint density at radius 1 is 1.42 bits per heavy atom. The van der Waals surface area contributed by atoms with Gasteiger partial charge < -0.3 is 0 Å². The number of hydrogen-bond donors (Lipinski definition) is 1. The predicted molar refractivity (Wildman–Crippen MR) is 55.3 cm³/mol. The zero-order valence-electron chi connectivity index (χ0n) is 6.41. The van der Waals surface area contributed by atoms with Crippen LogP contribution in [-0.2, 0) is 10.0 Å². The van der Waals surface area contributed by atoms with E-state index in [2.05, 4.69) is 22.6 Å². The third kappa shape index (κ3) is 1.96. The summed E-state index contributed by atoms with van der Waals surface area (Å²) in [5, 5.41) is 5.00. The maximum absolute atomic E-state index is 11.0. The molecule has 0 aromatic heterocycles. The topological polar surface area (TPSA) is 60.2 Å². The van der Waals surface area contributed by atoms with Crippen LogP contribution in [0.4, 0.5) is 0 Å². The fourth-order valence-electron chi connectivity index (χ4n) is 0.896. The number of primary sulfonamides is 1. The lowest BCUT2D eigenvalue weighted by Crippen LogP contribution is -2.13. The first-order chi connectivity index (χ1) is 5.43. The van der Waals surface area contributed by atoms with Gasteiger partial charge in [0.15, 0.2) is 0 Å². The van der Waals surface area contributed by atoms with Crippen molar-refractivity contribution in [2.24, 2.45) is 5.14 Å². The summed E-state index contributed by atoms with van der Waals surface area (Å²) in [7, 11) is -3.56. The number of rotatable bonds is 1. The molecule has 5 heteroatoms. The van der Waals surface area contributed by atoms with E-state index in [-0.39, 0.29) is 4.90 Å². The third-order valence-electron chi connectivity index (χ3n) is 1.52. The number of halogens is 1. The highest BCUT2D eigenvalue weighted by atomic mass is 127. The number of nitrogens with two attached hydrogens (primary N) is 1. The van der Waals surface area contributed by atoms with Gasteiger partial charge in [-0.25, -0.2) is 13.6 Å². The summed E-state index contributed by atoms with van der Waals surface area (Å²) in [5.74, 6) is 0. The van der Waals surface area contributed by atoms with Crippen molar-refractivity contribution in [2.45, 2.75) is 11.8 Å². The van der Waals surface area contributed by atoms with Crippen molar-refractivity contribution < 1.29 is 8.42 Å². The van der Waals surface area contributed by atoms with E-state index in [4.69, 9.17) is 5.14 Å². The molecule has 1 aromatic carbocycles. The van der Waals surface area contributed by atoms with Gasteiger partial charge in [0.25, 0.3) is 0 Å². The van der Waals surface area contributed by atoms with Crippen molar-refractivity contribution in [1.29, 1.82) is 0 Å². The number of benzene rings is 1. The summed E-state index contributed by atoms with van der Waals surface area (Å²) in [6, 6.07) is 5.02. The highest BCUT2D eigenvalue weighted by Crippen LogP contribution is 2.18. The molecule has 1 aromatic rings. The second-order valence-electron chi connectivity index (χ2n) is 2.41. The predicted octanol–water partition coefficient (Wildman–Crippen LogP) is 1.25. The highest BCUT2D eigenvalue weighted by molar-refractivity contribution is 14.1. The molecule has 0 heterocycles. The Morgan fingerprint density at radius 2 is 2.00 bits per heavy atom. The second-order valence-corrected chi connectivity index (χ2v) is 5.10. The van der Waals surface area contributed by atoms with Gasteiger partial charge in [0, 0.05) is 3.57 Å². The lowest BCUT2D eigenvalue weighted by molar-refractivity contribution is 0.597. The van der Waals surface area contributed by atoms with Crippen molar-refractivity contribution >= 4 is 32.6 Å². The molecule has 1 rings (SSSR count). The van der Waals surface area contributed by atoms with Crippen LogP contribution in [0.1, 0.15) is 5.56 Å².